The van der Waals surface area contributed by atoms with Crippen molar-refractivity contribution in [2.45, 2.75) is 19.9 Å². The summed E-state index contributed by atoms with van der Waals surface area (Å²) in [4.78, 5) is 9.82. The van der Waals surface area contributed by atoms with E-state index in [4.69, 9.17) is 5.73 Å². The topological polar surface area (TPSA) is 43.1 Å². The molecular formula is C5H12ClNO. The van der Waals surface area contributed by atoms with Crippen LogP contribution >= 0.6 is 12.4 Å². The molecule has 0 aliphatic rings. The monoisotopic (exact) mass is 137 g/mol. The standard InChI is InChI=1S/C5H11NO.ClH/c1-4(2)5(6)3-7;/h3-5H,6H2,1-2H3;1H. The van der Waals surface area contributed by atoms with Crippen molar-refractivity contribution in [1.29, 1.82) is 0 Å². The molecule has 2 N–H and O–H groups in total. The second kappa shape index (κ2) is 5.06. The summed E-state index contributed by atoms with van der Waals surface area (Å²) in [6.07, 6.45) is 0.769. The van der Waals surface area contributed by atoms with E-state index in [-0.39, 0.29) is 24.4 Å². The zero-order chi connectivity index (χ0) is 5.86. The number of carbonyl (C=O) groups excluding carboxylic acids is 1. The third-order valence-electron chi connectivity index (χ3n) is 0.927. The first kappa shape index (κ1) is 10.8. The third-order valence-corrected chi connectivity index (χ3v) is 0.927. The van der Waals surface area contributed by atoms with Crippen LogP contribution in [-0.2, 0) is 4.79 Å². The van der Waals surface area contributed by atoms with Crippen LogP contribution in [0.25, 0.3) is 0 Å². The van der Waals surface area contributed by atoms with Crippen LogP contribution in [0.3, 0.4) is 0 Å². The van der Waals surface area contributed by atoms with Gasteiger partial charge in [0.2, 0.25) is 0 Å². The van der Waals surface area contributed by atoms with E-state index in [1.165, 1.54) is 0 Å². The van der Waals surface area contributed by atoms with Crippen molar-refractivity contribution in [3.05, 3.63) is 0 Å². The Kier molecular flexibility index (Phi) is 6.85. The summed E-state index contributed by atoms with van der Waals surface area (Å²) >= 11 is 0. The molecule has 3 heteroatoms. The molecular weight excluding hydrogens is 126 g/mol. The lowest BCUT2D eigenvalue weighted by molar-refractivity contribution is -0.109. The van der Waals surface area contributed by atoms with Crippen LogP contribution in [0, 0.1) is 5.92 Å². The van der Waals surface area contributed by atoms with Gasteiger partial charge in [-0.25, -0.2) is 0 Å². The highest BCUT2D eigenvalue weighted by Crippen LogP contribution is 1.92. The van der Waals surface area contributed by atoms with E-state index in [0.717, 1.165) is 6.29 Å². The van der Waals surface area contributed by atoms with Gasteiger partial charge in [-0.1, -0.05) is 13.8 Å². The Morgan fingerprint density at radius 1 is 1.50 bits per heavy atom. The highest BCUT2D eigenvalue weighted by molar-refractivity contribution is 5.85. The molecule has 0 aliphatic carbocycles. The quantitative estimate of drug-likeness (QED) is 0.567. The summed E-state index contributed by atoms with van der Waals surface area (Å²) in [6.45, 7) is 3.83. The second-order valence-electron chi connectivity index (χ2n) is 1.96. The minimum absolute atomic E-state index is 0. The number of nitrogens with two attached hydrogens (primary N) is 1. The van der Waals surface area contributed by atoms with Gasteiger partial charge in [-0.15, -0.1) is 12.4 Å². The Morgan fingerprint density at radius 2 is 1.88 bits per heavy atom. The van der Waals surface area contributed by atoms with E-state index in [9.17, 15) is 4.79 Å². The maximum absolute atomic E-state index is 9.82. The molecule has 0 fully saturated rings. The van der Waals surface area contributed by atoms with Gasteiger partial charge in [-0.05, 0) is 5.92 Å². The molecule has 0 radical (unpaired) electrons. The van der Waals surface area contributed by atoms with Gasteiger partial charge in [0.15, 0.2) is 0 Å². The van der Waals surface area contributed by atoms with Crippen molar-refractivity contribution in [2.24, 2.45) is 11.7 Å². The Bertz CT molecular complexity index is 65.4. The van der Waals surface area contributed by atoms with E-state index in [0.29, 0.717) is 0 Å². The van der Waals surface area contributed by atoms with E-state index in [1.54, 1.807) is 0 Å². The molecule has 0 aromatic rings. The molecule has 50 valence electrons. The summed E-state index contributed by atoms with van der Waals surface area (Å²) in [5.74, 6) is 0.275. The van der Waals surface area contributed by atoms with E-state index in [1.807, 2.05) is 13.8 Å². The van der Waals surface area contributed by atoms with E-state index >= 15 is 0 Å². The van der Waals surface area contributed by atoms with Gasteiger partial charge >= 0.3 is 0 Å². The second-order valence-corrected chi connectivity index (χ2v) is 1.96. The molecule has 1 unspecified atom stereocenters. The van der Waals surface area contributed by atoms with Crippen LogP contribution in [0.4, 0.5) is 0 Å². The van der Waals surface area contributed by atoms with Gasteiger partial charge in [-0.3, -0.25) is 0 Å². The first-order chi connectivity index (χ1) is 3.18. The largest absolute Gasteiger partial charge is 0.322 e. The molecule has 0 amide bonds. The van der Waals surface area contributed by atoms with Gasteiger partial charge in [0, 0.05) is 0 Å². The summed E-state index contributed by atoms with van der Waals surface area (Å²) in [6, 6.07) is -0.278. The molecule has 0 bridgehead atoms. The maximum atomic E-state index is 9.82. The van der Waals surface area contributed by atoms with E-state index in [2.05, 4.69) is 0 Å². The fourth-order valence-corrected chi connectivity index (χ4v) is 0.157. The fraction of sp³-hybridized carbons (Fsp3) is 0.800. The summed E-state index contributed by atoms with van der Waals surface area (Å²) in [5, 5.41) is 0. The lowest BCUT2D eigenvalue weighted by atomic mass is 10.1. The predicted octanol–water partition coefficient (Wildman–Crippen LogP) is 0.590. The molecule has 2 nitrogen and oxygen atoms in total. The zero-order valence-corrected chi connectivity index (χ0v) is 5.94. The van der Waals surface area contributed by atoms with E-state index < -0.39 is 0 Å². The minimum atomic E-state index is -0.278. The number of aldehydes is 1. The SMILES string of the molecule is CC(C)C(N)C=O.Cl. The Morgan fingerprint density at radius 3 is 1.88 bits per heavy atom. The van der Waals surface area contributed by atoms with Gasteiger partial charge in [0.05, 0.1) is 6.04 Å². The van der Waals surface area contributed by atoms with Crippen LogP contribution in [0.15, 0.2) is 0 Å². The lowest BCUT2D eigenvalue weighted by Gasteiger charge is -2.04. The minimum Gasteiger partial charge on any atom is -0.322 e. The van der Waals surface area contributed by atoms with Crippen LogP contribution in [0.1, 0.15) is 13.8 Å². The highest BCUT2D eigenvalue weighted by Gasteiger charge is 2.02. The van der Waals surface area contributed by atoms with Gasteiger partial charge < -0.3 is 10.5 Å². The Labute approximate surface area is 55.9 Å². The molecule has 8 heavy (non-hydrogen) atoms. The molecule has 0 saturated carbocycles. The molecule has 0 aromatic heterocycles. The van der Waals surface area contributed by atoms with Crippen molar-refractivity contribution < 1.29 is 4.79 Å². The molecule has 0 heterocycles. The van der Waals surface area contributed by atoms with Gasteiger partial charge in [-0.2, -0.15) is 0 Å². The van der Waals surface area contributed by atoms with Crippen molar-refractivity contribution in [3.8, 4) is 0 Å². The van der Waals surface area contributed by atoms with Crippen molar-refractivity contribution in [1.82, 2.24) is 0 Å². The van der Waals surface area contributed by atoms with Crippen LogP contribution in [0.2, 0.25) is 0 Å². The first-order valence-corrected chi connectivity index (χ1v) is 2.39. The first-order valence-electron chi connectivity index (χ1n) is 2.39. The summed E-state index contributed by atoms with van der Waals surface area (Å²) in [7, 11) is 0. The predicted molar refractivity (Wildman–Crippen MR) is 36.1 cm³/mol. The molecule has 0 saturated heterocycles. The van der Waals surface area contributed by atoms with Gasteiger partial charge in [0.1, 0.15) is 6.29 Å². The summed E-state index contributed by atoms with van der Waals surface area (Å²) in [5.41, 5.74) is 5.25. The smallest absolute Gasteiger partial charge is 0.136 e. The van der Waals surface area contributed by atoms with Crippen molar-refractivity contribution in [2.75, 3.05) is 0 Å². The lowest BCUT2D eigenvalue weighted by Crippen LogP contribution is -2.27. The normalized spacial score (nSPS) is 12.5. The number of hydrogen-bond acceptors (Lipinski definition) is 2. The average molecular weight is 138 g/mol. The number of carbonyl (C=O) groups is 1. The van der Waals surface area contributed by atoms with Crippen molar-refractivity contribution in [3.63, 3.8) is 0 Å². The average Bonchev–Trinajstić information content (AvgIpc) is 1.65. The Balaban J connectivity index is 0. The molecule has 0 rings (SSSR count). The molecule has 1 atom stereocenters. The maximum Gasteiger partial charge on any atom is 0.136 e. The van der Waals surface area contributed by atoms with Crippen LogP contribution in [-0.4, -0.2) is 12.3 Å². The molecule has 0 spiro atoms. The molecule has 0 aromatic carbocycles. The number of halogens is 1. The van der Waals surface area contributed by atoms with Gasteiger partial charge in [0.25, 0.3) is 0 Å². The fourth-order valence-electron chi connectivity index (χ4n) is 0.157. The Hall–Kier alpha value is -0.0800. The summed E-state index contributed by atoms with van der Waals surface area (Å²) < 4.78 is 0. The third kappa shape index (κ3) is 4.09. The van der Waals surface area contributed by atoms with Crippen molar-refractivity contribution >= 4 is 18.7 Å². The van der Waals surface area contributed by atoms with Crippen LogP contribution in [0.5, 0.6) is 0 Å². The number of hydrogen-bond donors (Lipinski definition) is 1. The highest BCUT2D eigenvalue weighted by atomic mass is 35.5. The number of rotatable bonds is 2. The van der Waals surface area contributed by atoms with Crippen LogP contribution < -0.4 is 5.73 Å². The zero-order valence-electron chi connectivity index (χ0n) is 5.13. The molecule has 0 aliphatic heterocycles.